The molecule has 0 bridgehead atoms. The summed E-state index contributed by atoms with van der Waals surface area (Å²) >= 11 is 0. The molecule has 29 heavy (non-hydrogen) atoms. The molecular weight excluding hydrogens is 371 g/mol. The van der Waals surface area contributed by atoms with E-state index in [-0.39, 0.29) is 11.9 Å². The van der Waals surface area contributed by atoms with Crippen molar-refractivity contribution in [2.45, 2.75) is 38.1 Å². The highest BCUT2D eigenvalue weighted by atomic mass is 19.1. The number of benzene rings is 1. The summed E-state index contributed by atoms with van der Waals surface area (Å²) in [7, 11) is 0. The monoisotopic (exact) mass is 392 g/mol. The smallest absolute Gasteiger partial charge is 0.225 e. The SMILES string of the molecule is CCC(Nc1ncc(F)c(Nc2cc(C3CC3)[nH]n2)n1)c1ccc2nc[nH]c2c1. The van der Waals surface area contributed by atoms with Crippen molar-refractivity contribution < 1.29 is 4.39 Å². The molecule has 0 amide bonds. The number of aromatic amines is 2. The van der Waals surface area contributed by atoms with Gasteiger partial charge in [-0.3, -0.25) is 5.10 Å². The predicted molar refractivity (Wildman–Crippen MR) is 109 cm³/mol. The number of nitrogens with zero attached hydrogens (tertiary/aromatic N) is 4. The van der Waals surface area contributed by atoms with Gasteiger partial charge in [0.1, 0.15) is 0 Å². The molecule has 3 heterocycles. The molecule has 148 valence electrons. The van der Waals surface area contributed by atoms with E-state index < -0.39 is 5.82 Å². The largest absolute Gasteiger partial charge is 0.347 e. The molecule has 5 rings (SSSR count). The third kappa shape index (κ3) is 3.63. The van der Waals surface area contributed by atoms with E-state index in [1.165, 1.54) is 12.8 Å². The number of fused-ring (bicyclic) bond motifs is 1. The number of imidazole rings is 1. The van der Waals surface area contributed by atoms with Crippen LogP contribution in [0.5, 0.6) is 0 Å². The Morgan fingerprint density at radius 2 is 2.14 bits per heavy atom. The molecule has 0 aliphatic heterocycles. The van der Waals surface area contributed by atoms with Crippen LogP contribution in [0, 0.1) is 5.82 Å². The summed E-state index contributed by atoms with van der Waals surface area (Å²) in [6, 6.07) is 7.93. The molecule has 9 heteroatoms. The van der Waals surface area contributed by atoms with E-state index in [2.05, 4.69) is 53.8 Å². The Morgan fingerprint density at radius 1 is 1.24 bits per heavy atom. The minimum Gasteiger partial charge on any atom is -0.347 e. The quantitative estimate of drug-likeness (QED) is 0.371. The van der Waals surface area contributed by atoms with Gasteiger partial charge in [-0.15, -0.1) is 0 Å². The molecule has 3 aromatic heterocycles. The van der Waals surface area contributed by atoms with Crippen molar-refractivity contribution in [2.75, 3.05) is 10.6 Å². The Kier molecular flexibility index (Phi) is 4.34. The summed E-state index contributed by atoms with van der Waals surface area (Å²) in [6.45, 7) is 2.07. The van der Waals surface area contributed by atoms with E-state index in [0.29, 0.717) is 17.7 Å². The van der Waals surface area contributed by atoms with Gasteiger partial charge in [0.2, 0.25) is 5.95 Å². The Hall–Kier alpha value is -3.49. The molecular formula is C20H21FN8. The van der Waals surface area contributed by atoms with Gasteiger partial charge in [-0.1, -0.05) is 13.0 Å². The zero-order valence-corrected chi connectivity index (χ0v) is 15.9. The highest BCUT2D eigenvalue weighted by molar-refractivity contribution is 5.75. The molecule has 1 aromatic carbocycles. The second-order valence-electron chi connectivity index (χ2n) is 7.28. The maximum atomic E-state index is 14.2. The van der Waals surface area contributed by atoms with Gasteiger partial charge in [-0.25, -0.2) is 14.4 Å². The van der Waals surface area contributed by atoms with Crippen LogP contribution in [0.2, 0.25) is 0 Å². The van der Waals surface area contributed by atoms with Gasteiger partial charge in [-0.05, 0) is 37.0 Å². The van der Waals surface area contributed by atoms with Crippen LogP contribution in [0.15, 0.2) is 36.8 Å². The van der Waals surface area contributed by atoms with Crippen molar-refractivity contribution in [1.29, 1.82) is 0 Å². The van der Waals surface area contributed by atoms with Crippen LogP contribution >= 0.6 is 0 Å². The number of H-pyrrole nitrogens is 2. The van der Waals surface area contributed by atoms with Crippen LogP contribution < -0.4 is 10.6 Å². The van der Waals surface area contributed by atoms with Gasteiger partial charge in [0.25, 0.3) is 0 Å². The van der Waals surface area contributed by atoms with E-state index in [0.717, 1.165) is 34.9 Å². The number of aromatic nitrogens is 6. The maximum absolute atomic E-state index is 14.2. The van der Waals surface area contributed by atoms with E-state index in [4.69, 9.17) is 0 Å². The van der Waals surface area contributed by atoms with Gasteiger partial charge < -0.3 is 15.6 Å². The van der Waals surface area contributed by atoms with Crippen LogP contribution in [-0.4, -0.2) is 30.1 Å². The first kappa shape index (κ1) is 17.6. The Labute approximate surface area is 166 Å². The third-order valence-corrected chi connectivity index (χ3v) is 5.16. The average molecular weight is 392 g/mol. The van der Waals surface area contributed by atoms with Gasteiger partial charge in [0.05, 0.1) is 29.6 Å². The second kappa shape index (κ2) is 7.16. The van der Waals surface area contributed by atoms with Crippen LogP contribution in [-0.2, 0) is 0 Å². The predicted octanol–water partition coefficient (Wildman–Crippen LogP) is 4.40. The Morgan fingerprint density at radius 3 is 2.97 bits per heavy atom. The normalized spacial score (nSPS) is 14.8. The minimum absolute atomic E-state index is 0.0205. The number of nitrogens with one attached hydrogen (secondary N) is 4. The van der Waals surface area contributed by atoms with Crippen molar-refractivity contribution in [3.8, 4) is 0 Å². The molecule has 1 aliphatic carbocycles. The molecule has 8 nitrogen and oxygen atoms in total. The zero-order valence-electron chi connectivity index (χ0n) is 15.9. The standard InChI is InChI=1S/C20H21FN8/c1-2-14(12-5-6-15-17(7-12)24-10-23-15)25-20-22-9-13(21)19(27-20)26-18-8-16(28-29-18)11-3-4-11/h5-11,14H,2-4H2,1H3,(H,23,24)(H3,22,25,26,27,28,29). The lowest BCUT2D eigenvalue weighted by atomic mass is 10.0. The van der Waals surface area contributed by atoms with Gasteiger partial charge in [0, 0.05) is 17.7 Å². The highest BCUT2D eigenvalue weighted by Crippen LogP contribution is 2.39. The fourth-order valence-electron chi connectivity index (χ4n) is 3.40. The molecule has 1 saturated carbocycles. The number of rotatable bonds is 7. The fourth-order valence-corrected chi connectivity index (χ4v) is 3.40. The van der Waals surface area contributed by atoms with Crippen molar-refractivity contribution in [2.24, 2.45) is 0 Å². The maximum Gasteiger partial charge on any atom is 0.225 e. The lowest BCUT2D eigenvalue weighted by Crippen LogP contribution is -2.13. The molecule has 4 N–H and O–H groups in total. The van der Waals surface area contributed by atoms with Crippen molar-refractivity contribution in [1.82, 2.24) is 30.1 Å². The first-order chi connectivity index (χ1) is 14.2. The van der Waals surface area contributed by atoms with Crippen LogP contribution in [0.4, 0.5) is 22.0 Å². The fraction of sp³-hybridized carbons (Fsp3) is 0.300. The summed E-state index contributed by atoms with van der Waals surface area (Å²) in [6.07, 6.45) is 5.98. The van der Waals surface area contributed by atoms with E-state index in [1.54, 1.807) is 6.33 Å². The van der Waals surface area contributed by atoms with Crippen molar-refractivity contribution in [3.05, 3.63) is 53.9 Å². The molecule has 1 atom stereocenters. The van der Waals surface area contributed by atoms with Crippen molar-refractivity contribution >= 4 is 28.6 Å². The molecule has 1 aliphatic rings. The highest BCUT2D eigenvalue weighted by Gasteiger charge is 2.25. The number of hydrogen-bond donors (Lipinski definition) is 4. The summed E-state index contributed by atoms with van der Waals surface area (Å²) in [5, 5.41) is 13.4. The molecule has 0 spiro atoms. The Bertz CT molecular complexity index is 1150. The average Bonchev–Trinajstić information content (AvgIpc) is 3.29. The first-order valence-electron chi connectivity index (χ1n) is 9.74. The topological polar surface area (TPSA) is 107 Å². The van der Waals surface area contributed by atoms with Gasteiger partial charge >= 0.3 is 0 Å². The summed E-state index contributed by atoms with van der Waals surface area (Å²) in [5.41, 5.74) is 4.03. The Balaban J connectivity index is 1.36. The van der Waals surface area contributed by atoms with Gasteiger partial charge in [-0.2, -0.15) is 10.1 Å². The van der Waals surface area contributed by atoms with Crippen molar-refractivity contribution in [3.63, 3.8) is 0 Å². The molecule has 0 radical (unpaired) electrons. The number of hydrogen-bond acceptors (Lipinski definition) is 6. The summed E-state index contributed by atoms with van der Waals surface area (Å²) < 4.78 is 14.2. The zero-order chi connectivity index (χ0) is 19.8. The molecule has 1 unspecified atom stereocenters. The second-order valence-corrected chi connectivity index (χ2v) is 7.28. The lowest BCUT2D eigenvalue weighted by Gasteiger charge is -2.18. The van der Waals surface area contributed by atoms with E-state index in [1.807, 2.05) is 18.2 Å². The first-order valence-corrected chi connectivity index (χ1v) is 9.74. The lowest BCUT2D eigenvalue weighted by molar-refractivity contribution is 0.617. The van der Waals surface area contributed by atoms with Crippen LogP contribution in [0.1, 0.15) is 49.4 Å². The van der Waals surface area contributed by atoms with E-state index in [9.17, 15) is 4.39 Å². The van der Waals surface area contributed by atoms with Crippen LogP contribution in [0.3, 0.4) is 0 Å². The van der Waals surface area contributed by atoms with Crippen LogP contribution in [0.25, 0.3) is 11.0 Å². The number of halogens is 1. The van der Waals surface area contributed by atoms with E-state index >= 15 is 0 Å². The molecule has 1 fully saturated rings. The van der Waals surface area contributed by atoms with Gasteiger partial charge in [0.15, 0.2) is 17.5 Å². The number of anilines is 3. The molecule has 4 aromatic rings. The molecule has 0 saturated heterocycles. The summed E-state index contributed by atoms with van der Waals surface area (Å²) in [4.78, 5) is 15.8. The summed E-state index contributed by atoms with van der Waals surface area (Å²) in [5.74, 6) is 1.01. The minimum atomic E-state index is -0.529. The third-order valence-electron chi connectivity index (χ3n) is 5.16.